The molecule has 9 aromatic carbocycles. The van der Waals surface area contributed by atoms with Gasteiger partial charge in [0.1, 0.15) is 5.75 Å². The van der Waals surface area contributed by atoms with E-state index in [0.29, 0.717) is 22.3 Å². The lowest BCUT2D eigenvalue weighted by atomic mass is 10.1. The summed E-state index contributed by atoms with van der Waals surface area (Å²) in [5.41, 5.74) is 12.4. The minimum absolute atomic E-state index is 0.0746. The Morgan fingerprint density at radius 2 is 1.06 bits per heavy atom. The normalized spacial score (nSPS) is 10.9. The van der Waals surface area contributed by atoms with Gasteiger partial charge < -0.3 is 15.3 Å². The van der Waals surface area contributed by atoms with Crippen LogP contribution >= 0.6 is 11.6 Å². The highest BCUT2D eigenvalue weighted by Gasteiger charge is 2.35. The Balaban J connectivity index is 0.000000163. The van der Waals surface area contributed by atoms with Gasteiger partial charge in [-0.25, -0.2) is 4.79 Å². The Labute approximate surface area is 478 Å². The number of aromatic carboxylic acids is 1. The van der Waals surface area contributed by atoms with E-state index >= 15 is 0 Å². The zero-order chi connectivity index (χ0) is 58.2. The summed E-state index contributed by atoms with van der Waals surface area (Å²) in [7, 11) is 1.66. The van der Waals surface area contributed by atoms with Gasteiger partial charge in [0.15, 0.2) is 5.69 Å². The molecule has 82 heavy (non-hydrogen) atoms. The second kappa shape index (κ2) is 33.2. The summed E-state index contributed by atoms with van der Waals surface area (Å²) in [5.74, 6) is 2.97. The van der Waals surface area contributed by atoms with Crippen LogP contribution < -0.4 is 31.4 Å². The first-order valence-corrected chi connectivity index (χ1v) is 25.3. The van der Waals surface area contributed by atoms with Crippen molar-refractivity contribution in [3.63, 3.8) is 0 Å². The molecule has 410 valence electrons. The minimum Gasteiger partial charge on any atom is -0.497 e. The van der Waals surface area contributed by atoms with Gasteiger partial charge in [-0.15, -0.1) is 0 Å². The lowest BCUT2D eigenvalue weighted by Gasteiger charge is -2.14. The Morgan fingerprint density at radius 1 is 0.598 bits per heavy atom. The zero-order valence-corrected chi connectivity index (χ0v) is 44.8. The van der Waals surface area contributed by atoms with Crippen LogP contribution in [0.25, 0.3) is 10.9 Å². The molecular formula is C64H55ClN10O7. The number of ether oxygens (including phenoxy) is 1. The molecule has 11 rings (SSSR count). The van der Waals surface area contributed by atoms with Gasteiger partial charge in [0.25, 0.3) is 5.78 Å². The van der Waals surface area contributed by atoms with Crippen molar-refractivity contribution in [1.82, 2.24) is 10.2 Å². The van der Waals surface area contributed by atoms with E-state index in [1.54, 1.807) is 92.3 Å². The molecular weight excluding hydrogens is 1060 g/mol. The molecule has 18 heteroatoms. The number of nitrogens with one attached hydrogen (secondary N) is 3. The van der Waals surface area contributed by atoms with Crippen LogP contribution in [0.1, 0.15) is 37.5 Å². The summed E-state index contributed by atoms with van der Waals surface area (Å²) in [6.07, 6.45) is 4.85. The van der Waals surface area contributed by atoms with Crippen molar-refractivity contribution in [1.29, 1.82) is 0 Å². The summed E-state index contributed by atoms with van der Waals surface area (Å²) in [6, 6.07) is 80.4. The molecule has 6 N–H and O–H groups in total. The van der Waals surface area contributed by atoms with Gasteiger partial charge in [0.2, 0.25) is 0 Å². The number of benzene rings is 9. The number of halogens is 1. The Morgan fingerprint density at radius 3 is 1.57 bits per heavy atom. The summed E-state index contributed by atoms with van der Waals surface area (Å²) in [4.78, 5) is 57.1. The smallest absolute Gasteiger partial charge is 0.357 e. The Bertz CT molecular complexity index is 3620. The first kappa shape index (κ1) is 60.1. The van der Waals surface area contributed by atoms with Crippen LogP contribution in [0.3, 0.4) is 0 Å². The van der Waals surface area contributed by atoms with Crippen molar-refractivity contribution in [2.45, 2.75) is 0 Å². The number of carboxylic acid groups (broad SMARTS) is 1. The molecule has 0 unspecified atom stereocenters. The van der Waals surface area contributed by atoms with E-state index in [1.807, 2.05) is 188 Å². The second-order valence-electron chi connectivity index (χ2n) is 16.6. The highest BCUT2D eigenvalue weighted by molar-refractivity contribution is 6.82. The van der Waals surface area contributed by atoms with Gasteiger partial charge in [0.05, 0.1) is 53.9 Å². The molecule has 1 aliphatic rings. The number of nitrogen functional groups attached to an aromatic ring is 1. The maximum atomic E-state index is 11.8. The molecule has 17 nitrogen and oxygen atoms in total. The number of hydrogen-bond acceptors (Lipinski definition) is 13. The highest BCUT2D eigenvalue weighted by atomic mass is 35.5. The molecule has 1 aromatic heterocycles. The third kappa shape index (κ3) is 19.4. The maximum Gasteiger partial charge on any atom is 0.357 e. The van der Waals surface area contributed by atoms with E-state index in [-0.39, 0.29) is 5.69 Å². The number of hydrazine groups is 1. The average molecular weight is 1110 g/mol. The summed E-state index contributed by atoms with van der Waals surface area (Å²) >= 11 is 5.25. The number of ketones is 1. The highest BCUT2D eigenvalue weighted by Crippen LogP contribution is 2.28. The third-order valence-electron chi connectivity index (χ3n) is 10.9. The number of aromatic nitrogens is 2. The molecule has 0 atom stereocenters. The largest absolute Gasteiger partial charge is 0.497 e. The van der Waals surface area contributed by atoms with Crippen molar-refractivity contribution in [2.75, 3.05) is 28.0 Å². The van der Waals surface area contributed by atoms with Crippen LogP contribution in [0.5, 0.6) is 5.75 Å². The van der Waals surface area contributed by atoms with E-state index < -0.39 is 28.8 Å². The maximum absolute atomic E-state index is 11.8. The number of rotatable bonds is 12. The Kier molecular flexibility index (Phi) is 24.3. The quantitative estimate of drug-likeness (QED) is 0.0253. The number of nitrogens with zero attached hydrogens (tertiary/aromatic N) is 6. The molecule has 0 bridgehead atoms. The van der Waals surface area contributed by atoms with Crippen molar-refractivity contribution >= 4 is 92.7 Å². The fourth-order valence-electron chi connectivity index (χ4n) is 6.95. The zero-order valence-electron chi connectivity index (χ0n) is 44.1. The SMILES string of the molecule is C(=N\Nc1ccccc1)/c1ccccc1.COc1ccccc1.NNc1ccccc1.O=C(Cl)C(=O)N(/N=C/c1ccccc1)c1ccccc1.O=C(O)c1n[nH]c2ccccc12.O=C1C(=O)N(/N=C/c2ccccc2)c2ccccc21. The number of anilines is 4. The van der Waals surface area contributed by atoms with E-state index in [0.717, 1.165) is 49.3 Å². The fraction of sp³-hybridized carbons (Fsp3) is 0.0156. The van der Waals surface area contributed by atoms with Crippen LogP contribution in [0.15, 0.2) is 276 Å². The number of methoxy groups -OCH3 is 1. The van der Waals surface area contributed by atoms with E-state index in [2.05, 4.69) is 36.4 Å². The summed E-state index contributed by atoms with van der Waals surface area (Å²) < 4.78 is 4.91. The molecule has 0 spiro atoms. The lowest BCUT2D eigenvalue weighted by Crippen LogP contribution is -2.30. The molecule has 0 saturated carbocycles. The van der Waals surface area contributed by atoms with Crippen LogP contribution in [-0.4, -0.2) is 69.9 Å². The molecule has 0 fully saturated rings. The number of carbonyl (C=O) groups is 5. The first-order valence-electron chi connectivity index (χ1n) is 25.0. The topological polar surface area (TPSA) is 237 Å². The average Bonchev–Trinajstić information content (AvgIpc) is 4.32. The number of carboxylic acids is 1. The number of hydrogen-bond donors (Lipinski definition) is 5. The van der Waals surface area contributed by atoms with Crippen LogP contribution in [0, 0.1) is 0 Å². The van der Waals surface area contributed by atoms with Crippen LogP contribution in [0.4, 0.5) is 22.7 Å². The van der Waals surface area contributed by atoms with Crippen molar-refractivity contribution in [3.8, 4) is 5.75 Å². The number of para-hydroxylation sites is 6. The number of carbonyl (C=O) groups excluding carboxylic acids is 4. The van der Waals surface area contributed by atoms with Gasteiger partial charge in [-0.2, -0.15) is 30.4 Å². The van der Waals surface area contributed by atoms with Gasteiger partial charge in [-0.05, 0) is 95.0 Å². The van der Waals surface area contributed by atoms with Gasteiger partial charge in [-0.3, -0.25) is 35.5 Å². The number of hydrazone groups is 3. The predicted octanol–water partition coefficient (Wildman–Crippen LogP) is 12.1. The number of aromatic amines is 1. The Hall–Kier alpha value is -11.1. The second-order valence-corrected chi connectivity index (χ2v) is 16.9. The van der Waals surface area contributed by atoms with Crippen molar-refractivity contribution in [3.05, 3.63) is 289 Å². The number of nitrogens with two attached hydrogens (primary N) is 1. The van der Waals surface area contributed by atoms with Crippen molar-refractivity contribution < 1.29 is 33.8 Å². The third-order valence-corrected chi connectivity index (χ3v) is 11.1. The standard InChI is InChI=1S/C15H11ClN2O2.C15H10N2O2.C13H12N2.C8H6N2O2.C7H8O.C6H8N2/c16-14(19)15(20)18(13-9-5-2-6-10-13)17-11-12-7-3-1-4-8-12;18-14-12-8-4-5-9-13(12)17(15(14)19)16-10-11-6-2-1-3-7-11;1-3-7-12(8-4-1)11-14-15-13-9-5-2-6-10-13;11-8(12)7-5-3-1-2-4-6(5)9-10-7;1-8-7-5-3-2-4-6-7;7-8-6-4-2-1-3-5-6/h1-11H;1-10H;1-11,15H;1-4H,(H,9,10)(H,11,12);2-6H,1H3;1-5,8H,7H2/b17-11+;16-10+;14-11+;;;. The molecule has 0 saturated heterocycles. The number of Topliss-reactive ketones (excluding diaryl/α,β-unsaturated/α-hetero) is 1. The van der Waals surface area contributed by atoms with Gasteiger partial charge >= 0.3 is 23.0 Å². The van der Waals surface area contributed by atoms with Gasteiger partial charge in [-0.1, -0.05) is 194 Å². The molecule has 2 heterocycles. The molecule has 0 radical (unpaired) electrons. The number of amides is 2. The number of fused-ring (bicyclic) bond motifs is 2. The first-order chi connectivity index (χ1) is 40.1. The summed E-state index contributed by atoms with van der Waals surface area (Å²) in [5, 5.41) is 29.0. The molecule has 1 aliphatic heterocycles. The van der Waals surface area contributed by atoms with Crippen LogP contribution in [-0.2, 0) is 14.4 Å². The predicted molar refractivity (Wildman–Crippen MR) is 326 cm³/mol. The van der Waals surface area contributed by atoms with E-state index in [4.69, 9.17) is 27.3 Å². The van der Waals surface area contributed by atoms with Crippen LogP contribution in [0.2, 0.25) is 0 Å². The number of H-pyrrole nitrogens is 1. The monoisotopic (exact) mass is 1110 g/mol. The van der Waals surface area contributed by atoms with E-state index in [1.165, 1.54) is 6.21 Å². The fourth-order valence-corrected chi connectivity index (χ4v) is 7.03. The van der Waals surface area contributed by atoms with Gasteiger partial charge in [0, 0.05) is 11.1 Å². The molecule has 2 amide bonds. The van der Waals surface area contributed by atoms with Crippen molar-refractivity contribution in [2.24, 2.45) is 21.1 Å². The summed E-state index contributed by atoms with van der Waals surface area (Å²) in [6.45, 7) is 0. The lowest BCUT2D eigenvalue weighted by molar-refractivity contribution is -0.131. The molecule has 0 aliphatic carbocycles. The minimum atomic E-state index is -1.08. The van der Waals surface area contributed by atoms with E-state index in [9.17, 15) is 24.0 Å². The molecule has 10 aromatic rings.